The molecule has 1 aromatic rings. The Kier molecular flexibility index (Phi) is 4.52. The van der Waals surface area contributed by atoms with E-state index in [4.69, 9.17) is 0 Å². The van der Waals surface area contributed by atoms with Crippen molar-refractivity contribution >= 4 is 29.7 Å². The van der Waals surface area contributed by atoms with E-state index in [0.717, 1.165) is 18.9 Å². The molecule has 3 rings (SSSR count). The summed E-state index contributed by atoms with van der Waals surface area (Å²) in [4.78, 5) is -0.198. The lowest BCUT2D eigenvalue weighted by atomic mass is 10.4. The molecule has 0 radical (unpaired) electrons. The smallest absolute Gasteiger partial charge is 0.229 e. The zero-order valence-electron chi connectivity index (χ0n) is 13.0. The van der Waals surface area contributed by atoms with Crippen LogP contribution in [0.25, 0.3) is 0 Å². The molecule has 2 heterocycles. The first kappa shape index (κ1) is 17.8. The van der Waals surface area contributed by atoms with Crippen LogP contribution < -0.4 is 0 Å². The van der Waals surface area contributed by atoms with Crippen molar-refractivity contribution in [3.05, 3.63) is 24.3 Å². The Morgan fingerprint density at radius 3 is 2.21 bits per heavy atom. The quantitative estimate of drug-likeness (QED) is 0.734. The first-order valence-corrected chi connectivity index (χ1v) is 12.5. The number of benzene rings is 1. The first-order valence-electron chi connectivity index (χ1n) is 7.67. The highest BCUT2D eigenvalue weighted by Crippen LogP contribution is 2.28. The SMILES string of the molecule is O=S1(=O)CC[C@H](S(=O)(=O)c2cccc(S(=O)(=O)N3CCCC3)c2)C1. The molecule has 0 amide bonds. The molecule has 0 bridgehead atoms. The molecule has 0 aromatic heterocycles. The minimum Gasteiger partial charge on any atom is -0.229 e. The molecule has 0 saturated carbocycles. The van der Waals surface area contributed by atoms with E-state index in [1.807, 2.05) is 0 Å². The van der Waals surface area contributed by atoms with Crippen molar-refractivity contribution in [1.82, 2.24) is 4.31 Å². The molecule has 0 N–H and O–H groups in total. The Labute approximate surface area is 142 Å². The molecule has 134 valence electrons. The summed E-state index contributed by atoms with van der Waals surface area (Å²) in [6, 6.07) is 5.23. The van der Waals surface area contributed by atoms with Crippen LogP contribution in [0.4, 0.5) is 0 Å². The van der Waals surface area contributed by atoms with E-state index in [1.165, 1.54) is 22.5 Å². The molecule has 24 heavy (non-hydrogen) atoms. The molecule has 2 saturated heterocycles. The molecular formula is C14H19NO6S3. The van der Waals surface area contributed by atoms with Gasteiger partial charge in [-0.3, -0.25) is 0 Å². The van der Waals surface area contributed by atoms with Gasteiger partial charge in [0.05, 0.1) is 26.5 Å². The molecule has 0 aliphatic carbocycles. The second kappa shape index (κ2) is 6.08. The molecule has 2 aliphatic heterocycles. The van der Waals surface area contributed by atoms with Crippen molar-refractivity contribution in [2.75, 3.05) is 24.6 Å². The lowest BCUT2D eigenvalue weighted by Gasteiger charge is -2.16. The molecule has 0 unspecified atom stereocenters. The van der Waals surface area contributed by atoms with Crippen LogP contribution in [0.1, 0.15) is 19.3 Å². The molecule has 2 aliphatic rings. The normalized spacial score (nSPS) is 25.1. The van der Waals surface area contributed by atoms with Gasteiger partial charge in [-0.1, -0.05) is 6.07 Å². The summed E-state index contributed by atoms with van der Waals surface area (Å²) in [5.41, 5.74) is 0. The van der Waals surface area contributed by atoms with E-state index in [-0.39, 0.29) is 22.0 Å². The topological polar surface area (TPSA) is 106 Å². The monoisotopic (exact) mass is 393 g/mol. The number of rotatable bonds is 4. The van der Waals surface area contributed by atoms with Crippen LogP contribution in [0.2, 0.25) is 0 Å². The van der Waals surface area contributed by atoms with Crippen LogP contribution >= 0.6 is 0 Å². The van der Waals surface area contributed by atoms with Gasteiger partial charge in [0.25, 0.3) is 0 Å². The summed E-state index contributed by atoms with van der Waals surface area (Å²) in [5.74, 6) is -0.554. The summed E-state index contributed by atoms with van der Waals surface area (Å²) in [7, 11) is -10.9. The van der Waals surface area contributed by atoms with Crippen LogP contribution in [0.3, 0.4) is 0 Å². The largest absolute Gasteiger partial charge is 0.243 e. The van der Waals surface area contributed by atoms with Gasteiger partial charge >= 0.3 is 0 Å². The number of nitrogens with zero attached hydrogens (tertiary/aromatic N) is 1. The van der Waals surface area contributed by atoms with E-state index in [2.05, 4.69) is 0 Å². The lowest BCUT2D eigenvalue weighted by molar-refractivity contribution is 0.477. The minimum absolute atomic E-state index is 0.0494. The zero-order chi connectivity index (χ0) is 17.6. The van der Waals surface area contributed by atoms with Gasteiger partial charge in [0.15, 0.2) is 19.7 Å². The van der Waals surface area contributed by atoms with E-state index in [1.54, 1.807) is 0 Å². The minimum atomic E-state index is -3.88. The van der Waals surface area contributed by atoms with Gasteiger partial charge in [0.2, 0.25) is 10.0 Å². The fourth-order valence-corrected chi connectivity index (χ4v) is 9.13. The zero-order valence-corrected chi connectivity index (χ0v) is 15.4. The van der Waals surface area contributed by atoms with E-state index >= 15 is 0 Å². The van der Waals surface area contributed by atoms with Crippen LogP contribution in [0, 0.1) is 0 Å². The second-order valence-corrected chi connectivity index (χ2v) is 12.6. The van der Waals surface area contributed by atoms with Crippen molar-refractivity contribution in [2.45, 2.75) is 34.3 Å². The van der Waals surface area contributed by atoms with Gasteiger partial charge in [-0.05, 0) is 37.5 Å². The molecule has 1 atom stereocenters. The fraction of sp³-hybridized carbons (Fsp3) is 0.571. The second-order valence-electron chi connectivity index (χ2n) is 6.16. The van der Waals surface area contributed by atoms with Gasteiger partial charge in [0, 0.05) is 13.1 Å². The standard InChI is InChI=1S/C14H19NO6S3/c16-22(17)9-6-14(11-22)23(18,19)12-4-3-5-13(10-12)24(20,21)15-7-1-2-8-15/h3-5,10,14H,1-2,6-9,11H2/t14-/m0/s1. The van der Waals surface area contributed by atoms with Gasteiger partial charge in [0.1, 0.15) is 0 Å². The predicted octanol–water partition coefficient (Wildman–Crippen LogP) is 0.432. The van der Waals surface area contributed by atoms with Crippen molar-refractivity contribution in [3.63, 3.8) is 0 Å². The summed E-state index contributed by atoms with van der Waals surface area (Å²) >= 11 is 0. The van der Waals surface area contributed by atoms with Crippen LogP contribution in [0.15, 0.2) is 34.1 Å². The van der Waals surface area contributed by atoms with E-state index in [0.29, 0.717) is 13.1 Å². The first-order chi connectivity index (χ1) is 11.1. The van der Waals surface area contributed by atoms with Crippen molar-refractivity contribution in [2.24, 2.45) is 0 Å². The third-order valence-corrected chi connectivity index (χ3v) is 10.5. The van der Waals surface area contributed by atoms with Crippen LogP contribution in [-0.4, -0.2) is 59.4 Å². The third-order valence-electron chi connectivity index (χ3n) is 4.47. The average Bonchev–Trinajstić information content (AvgIpc) is 3.17. The van der Waals surface area contributed by atoms with Crippen molar-refractivity contribution in [1.29, 1.82) is 0 Å². The highest BCUT2D eigenvalue weighted by atomic mass is 32.2. The number of sulfonamides is 1. The molecule has 7 nitrogen and oxygen atoms in total. The van der Waals surface area contributed by atoms with Crippen LogP contribution in [0.5, 0.6) is 0 Å². The Morgan fingerprint density at radius 1 is 1.00 bits per heavy atom. The maximum absolute atomic E-state index is 12.6. The molecule has 0 spiro atoms. The average molecular weight is 394 g/mol. The summed E-state index contributed by atoms with van der Waals surface area (Å²) in [6.45, 7) is 0.861. The highest BCUT2D eigenvalue weighted by molar-refractivity contribution is 7.96. The Morgan fingerprint density at radius 2 is 1.62 bits per heavy atom. The Bertz CT molecular complexity index is 944. The summed E-state index contributed by atoms with van der Waals surface area (Å²) < 4.78 is 74.9. The molecule has 1 aromatic carbocycles. The van der Waals surface area contributed by atoms with E-state index < -0.39 is 40.7 Å². The van der Waals surface area contributed by atoms with Crippen molar-refractivity contribution < 1.29 is 25.3 Å². The van der Waals surface area contributed by atoms with Gasteiger partial charge in [-0.15, -0.1) is 0 Å². The van der Waals surface area contributed by atoms with Crippen molar-refractivity contribution in [3.8, 4) is 0 Å². The number of hydrogen-bond donors (Lipinski definition) is 0. The number of hydrogen-bond acceptors (Lipinski definition) is 6. The van der Waals surface area contributed by atoms with E-state index in [9.17, 15) is 25.3 Å². The highest BCUT2D eigenvalue weighted by Gasteiger charge is 2.38. The van der Waals surface area contributed by atoms with Gasteiger partial charge in [-0.2, -0.15) is 4.31 Å². The summed E-state index contributed by atoms with van der Waals surface area (Å²) in [5, 5.41) is -1.01. The molecule has 10 heteroatoms. The maximum atomic E-state index is 12.6. The van der Waals surface area contributed by atoms with Gasteiger partial charge in [-0.25, -0.2) is 25.3 Å². The summed E-state index contributed by atoms with van der Waals surface area (Å²) in [6.07, 6.45) is 1.63. The Hall–Kier alpha value is -0.970. The Balaban J connectivity index is 1.96. The number of sulfone groups is 2. The maximum Gasteiger partial charge on any atom is 0.243 e. The van der Waals surface area contributed by atoms with Gasteiger partial charge < -0.3 is 0 Å². The third kappa shape index (κ3) is 3.24. The fourth-order valence-electron chi connectivity index (χ4n) is 3.09. The molecule has 2 fully saturated rings. The molecular weight excluding hydrogens is 374 g/mol. The van der Waals surface area contributed by atoms with Crippen LogP contribution in [-0.2, 0) is 29.7 Å². The lowest BCUT2D eigenvalue weighted by Crippen LogP contribution is -2.28. The predicted molar refractivity (Wildman–Crippen MR) is 88.7 cm³/mol.